The van der Waals surface area contributed by atoms with Crippen LogP contribution in [0.1, 0.15) is 12.5 Å². The van der Waals surface area contributed by atoms with Gasteiger partial charge >= 0.3 is 0 Å². The minimum atomic E-state index is -0.282. The van der Waals surface area contributed by atoms with Crippen LogP contribution in [-0.4, -0.2) is 23.3 Å². The van der Waals surface area contributed by atoms with E-state index in [9.17, 15) is 9.59 Å². The van der Waals surface area contributed by atoms with Gasteiger partial charge in [-0.1, -0.05) is 60.7 Å². The number of nitrogens with one attached hydrogen (secondary N) is 1. The zero-order chi connectivity index (χ0) is 19.8. The molecule has 0 aliphatic rings. The molecule has 0 fully saturated rings. The van der Waals surface area contributed by atoms with Crippen LogP contribution in [0.3, 0.4) is 0 Å². The number of hydrogen-bond acceptors (Lipinski definition) is 3. The highest BCUT2D eigenvalue weighted by atomic mass is 16.5. The summed E-state index contributed by atoms with van der Waals surface area (Å²) >= 11 is 0. The van der Waals surface area contributed by atoms with Gasteiger partial charge in [0.1, 0.15) is 12.3 Å². The lowest BCUT2D eigenvalue weighted by Crippen LogP contribution is -2.36. The summed E-state index contributed by atoms with van der Waals surface area (Å²) in [7, 11) is 0. The highest BCUT2D eigenvalue weighted by Crippen LogP contribution is 2.29. The molecule has 5 nitrogen and oxygen atoms in total. The number of carbonyl (C=O) groups excluding carboxylic acids is 2. The fourth-order valence-electron chi connectivity index (χ4n) is 2.72. The van der Waals surface area contributed by atoms with Crippen LogP contribution in [0.5, 0.6) is 11.5 Å². The molecule has 2 amide bonds. The van der Waals surface area contributed by atoms with Gasteiger partial charge in [-0.2, -0.15) is 0 Å². The van der Waals surface area contributed by atoms with Crippen LogP contribution < -0.4 is 10.1 Å². The Morgan fingerprint density at radius 1 is 0.857 bits per heavy atom. The predicted octanol–water partition coefficient (Wildman–Crippen LogP) is 4.47. The largest absolute Gasteiger partial charge is 0.455 e. The molecule has 0 bridgehead atoms. The summed E-state index contributed by atoms with van der Waals surface area (Å²) in [5, 5.41) is 2.84. The minimum absolute atomic E-state index is 0.0378. The second-order valence-corrected chi connectivity index (χ2v) is 6.32. The van der Waals surface area contributed by atoms with Crippen molar-refractivity contribution in [2.75, 3.05) is 11.9 Å². The number of carbonyl (C=O) groups is 2. The lowest BCUT2D eigenvalue weighted by molar-refractivity contribution is -0.133. The summed E-state index contributed by atoms with van der Waals surface area (Å²) in [6, 6.07) is 26.2. The Labute approximate surface area is 164 Å². The van der Waals surface area contributed by atoms with Gasteiger partial charge in [0, 0.05) is 13.5 Å². The topological polar surface area (TPSA) is 58.6 Å². The van der Waals surface area contributed by atoms with Gasteiger partial charge in [-0.05, 0) is 29.8 Å². The third-order valence-corrected chi connectivity index (χ3v) is 4.13. The molecular formula is C23H22N2O3. The fraction of sp³-hybridized carbons (Fsp3) is 0.130. The van der Waals surface area contributed by atoms with Gasteiger partial charge in [-0.25, -0.2) is 0 Å². The number of para-hydroxylation sites is 3. The normalized spacial score (nSPS) is 10.2. The summed E-state index contributed by atoms with van der Waals surface area (Å²) in [5.74, 6) is 0.779. The van der Waals surface area contributed by atoms with E-state index in [0.29, 0.717) is 23.7 Å². The molecule has 0 radical (unpaired) electrons. The van der Waals surface area contributed by atoms with Gasteiger partial charge in [0.2, 0.25) is 11.8 Å². The van der Waals surface area contributed by atoms with E-state index in [1.54, 1.807) is 12.1 Å². The van der Waals surface area contributed by atoms with Crippen molar-refractivity contribution in [2.45, 2.75) is 13.5 Å². The van der Waals surface area contributed by atoms with Gasteiger partial charge in [-0.3, -0.25) is 9.59 Å². The van der Waals surface area contributed by atoms with Crippen LogP contribution in [0, 0.1) is 0 Å². The average Bonchev–Trinajstić information content (AvgIpc) is 2.70. The van der Waals surface area contributed by atoms with Crippen molar-refractivity contribution < 1.29 is 14.3 Å². The first-order valence-corrected chi connectivity index (χ1v) is 9.03. The molecule has 0 unspecified atom stereocenters. The number of nitrogens with zero attached hydrogens (tertiary/aromatic N) is 1. The van der Waals surface area contributed by atoms with Crippen LogP contribution in [0.25, 0.3) is 0 Å². The number of ether oxygens (including phenoxy) is 1. The number of benzene rings is 3. The molecule has 3 aromatic rings. The Morgan fingerprint density at radius 3 is 2.14 bits per heavy atom. The van der Waals surface area contributed by atoms with Gasteiger partial charge in [-0.15, -0.1) is 0 Å². The Hall–Kier alpha value is -3.60. The van der Waals surface area contributed by atoms with Crippen molar-refractivity contribution in [1.82, 2.24) is 4.90 Å². The second-order valence-electron chi connectivity index (χ2n) is 6.32. The molecule has 0 heterocycles. The first-order chi connectivity index (χ1) is 13.6. The van der Waals surface area contributed by atoms with E-state index < -0.39 is 0 Å². The molecule has 3 rings (SSSR count). The number of amides is 2. The van der Waals surface area contributed by atoms with Crippen molar-refractivity contribution in [3.05, 3.63) is 90.5 Å². The Kier molecular flexibility index (Phi) is 6.41. The molecule has 28 heavy (non-hydrogen) atoms. The maximum Gasteiger partial charge on any atom is 0.244 e. The van der Waals surface area contributed by atoms with E-state index in [4.69, 9.17) is 4.74 Å². The third kappa shape index (κ3) is 5.45. The summed E-state index contributed by atoms with van der Waals surface area (Å²) < 4.78 is 5.86. The number of hydrogen-bond donors (Lipinski definition) is 1. The zero-order valence-corrected chi connectivity index (χ0v) is 15.7. The fourth-order valence-corrected chi connectivity index (χ4v) is 2.72. The summed E-state index contributed by atoms with van der Waals surface area (Å²) in [4.78, 5) is 26.0. The maximum atomic E-state index is 12.6. The minimum Gasteiger partial charge on any atom is -0.455 e. The van der Waals surface area contributed by atoms with Crippen LogP contribution in [0.4, 0.5) is 5.69 Å². The Balaban J connectivity index is 1.67. The van der Waals surface area contributed by atoms with Gasteiger partial charge in [0.25, 0.3) is 0 Å². The highest BCUT2D eigenvalue weighted by molar-refractivity contribution is 5.95. The molecule has 0 spiro atoms. The molecule has 142 valence electrons. The van der Waals surface area contributed by atoms with E-state index in [-0.39, 0.29) is 18.4 Å². The molecule has 0 aromatic heterocycles. The average molecular weight is 374 g/mol. The molecule has 0 saturated carbocycles. The van der Waals surface area contributed by atoms with Crippen LogP contribution in [0.15, 0.2) is 84.9 Å². The van der Waals surface area contributed by atoms with E-state index in [0.717, 1.165) is 5.56 Å². The standard InChI is InChI=1S/C23H22N2O3/c1-18(26)25(16-19-10-4-2-5-11-19)17-23(27)24-21-14-8-9-15-22(21)28-20-12-6-3-7-13-20/h2-15H,16-17H2,1H3,(H,24,27). The first kappa shape index (κ1) is 19.2. The van der Waals surface area contributed by atoms with E-state index in [2.05, 4.69) is 5.32 Å². The zero-order valence-electron chi connectivity index (χ0n) is 15.7. The summed E-state index contributed by atoms with van der Waals surface area (Å²) in [6.45, 7) is 1.80. The summed E-state index contributed by atoms with van der Waals surface area (Å²) in [6.07, 6.45) is 0. The summed E-state index contributed by atoms with van der Waals surface area (Å²) in [5.41, 5.74) is 1.53. The molecule has 0 aliphatic carbocycles. The van der Waals surface area contributed by atoms with E-state index in [1.165, 1.54) is 11.8 Å². The second kappa shape index (κ2) is 9.37. The molecule has 0 saturated heterocycles. The molecule has 1 N–H and O–H groups in total. The third-order valence-electron chi connectivity index (χ3n) is 4.13. The van der Waals surface area contributed by atoms with Crippen molar-refractivity contribution in [2.24, 2.45) is 0 Å². The van der Waals surface area contributed by atoms with Crippen LogP contribution >= 0.6 is 0 Å². The van der Waals surface area contributed by atoms with Gasteiger partial charge in [0.15, 0.2) is 5.75 Å². The smallest absolute Gasteiger partial charge is 0.244 e. The quantitative estimate of drug-likeness (QED) is 0.664. The number of rotatable bonds is 7. The van der Waals surface area contributed by atoms with E-state index in [1.807, 2.05) is 72.8 Å². The monoisotopic (exact) mass is 374 g/mol. The van der Waals surface area contributed by atoms with Crippen molar-refractivity contribution in [3.8, 4) is 11.5 Å². The predicted molar refractivity (Wildman–Crippen MR) is 109 cm³/mol. The lowest BCUT2D eigenvalue weighted by atomic mass is 10.2. The van der Waals surface area contributed by atoms with Gasteiger partial charge in [0.05, 0.1) is 5.69 Å². The SMILES string of the molecule is CC(=O)N(CC(=O)Nc1ccccc1Oc1ccccc1)Cc1ccccc1. The van der Waals surface area contributed by atoms with Crippen LogP contribution in [0.2, 0.25) is 0 Å². The van der Waals surface area contributed by atoms with Gasteiger partial charge < -0.3 is 15.0 Å². The number of anilines is 1. The first-order valence-electron chi connectivity index (χ1n) is 9.03. The maximum absolute atomic E-state index is 12.6. The Bertz CT molecular complexity index is 927. The van der Waals surface area contributed by atoms with E-state index >= 15 is 0 Å². The van der Waals surface area contributed by atoms with Crippen molar-refractivity contribution in [3.63, 3.8) is 0 Å². The van der Waals surface area contributed by atoms with Crippen molar-refractivity contribution in [1.29, 1.82) is 0 Å². The Morgan fingerprint density at radius 2 is 1.46 bits per heavy atom. The lowest BCUT2D eigenvalue weighted by Gasteiger charge is -2.21. The van der Waals surface area contributed by atoms with Crippen LogP contribution in [-0.2, 0) is 16.1 Å². The molecular weight excluding hydrogens is 352 g/mol. The van der Waals surface area contributed by atoms with Crippen molar-refractivity contribution >= 4 is 17.5 Å². The molecule has 0 aliphatic heterocycles. The molecule has 0 atom stereocenters. The highest BCUT2D eigenvalue weighted by Gasteiger charge is 2.15. The molecule has 5 heteroatoms. The molecule has 3 aromatic carbocycles.